The van der Waals surface area contributed by atoms with Gasteiger partial charge in [0.25, 0.3) is 0 Å². The summed E-state index contributed by atoms with van der Waals surface area (Å²) in [4.78, 5) is 11.1. The van der Waals surface area contributed by atoms with Gasteiger partial charge >= 0.3 is 0 Å². The molecule has 0 unspecified atom stereocenters. The third-order valence-electron chi connectivity index (χ3n) is 4.94. The second kappa shape index (κ2) is 7.25. The fourth-order valence-electron chi connectivity index (χ4n) is 3.54. The van der Waals surface area contributed by atoms with Gasteiger partial charge in [-0.25, -0.2) is 18.1 Å². The molecular weight excluding hydrogens is 360 g/mol. The fourth-order valence-corrected chi connectivity index (χ4v) is 5.08. The zero-order valence-corrected chi connectivity index (χ0v) is 16.0. The van der Waals surface area contributed by atoms with E-state index >= 15 is 0 Å². The lowest BCUT2D eigenvalue weighted by Crippen LogP contribution is -2.44. The van der Waals surface area contributed by atoms with Gasteiger partial charge in [-0.2, -0.15) is 0 Å². The van der Waals surface area contributed by atoms with Crippen molar-refractivity contribution in [3.8, 4) is 0 Å². The number of aromatic nitrogens is 2. The van der Waals surface area contributed by atoms with Crippen LogP contribution in [0.15, 0.2) is 59.8 Å². The van der Waals surface area contributed by atoms with Crippen molar-refractivity contribution in [3.05, 3.63) is 60.6 Å². The van der Waals surface area contributed by atoms with Gasteiger partial charge in [0.05, 0.1) is 4.90 Å². The number of fused-ring (bicyclic) bond motifs is 1. The minimum Gasteiger partial charge on any atom is -0.356 e. The molecule has 1 fully saturated rings. The summed E-state index contributed by atoms with van der Waals surface area (Å²) in [7, 11) is -3.59. The van der Waals surface area contributed by atoms with Crippen molar-refractivity contribution in [2.24, 2.45) is 0 Å². The van der Waals surface area contributed by atoms with Gasteiger partial charge < -0.3 is 4.90 Å². The number of sulfonamides is 1. The molecule has 0 bridgehead atoms. The number of nitrogens with zero attached hydrogens (tertiary/aromatic N) is 3. The van der Waals surface area contributed by atoms with Gasteiger partial charge in [0.1, 0.15) is 5.82 Å². The molecule has 0 saturated carbocycles. The Balaban J connectivity index is 1.48. The number of hydrogen-bond acceptors (Lipinski definition) is 5. The summed E-state index contributed by atoms with van der Waals surface area (Å²) in [5, 5.41) is 1.52. The maximum absolute atomic E-state index is 13.0. The largest absolute Gasteiger partial charge is 0.356 e. The van der Waals surface area contributed by atoms with Crippen LogP contribution in [0.2, 0.25) is 0 Å². The number of benzene rings is 1. The van der Waals surface area contributed by atoms with E-state index in [0.717, 1.165) is 42.8 Å². The van der Waals surface area contributed by atoms with E-state index in [9.17, 15) is 8.42 Å². The zero-order chi connectivity index (χ0) is 18.9. The topological polar surface area (TPSA) is 75.2 Å². The molecule has 0 aliphatic carbocycles. The van der Waals surface area contributed by atoms with Gasteiger partial charge in [-0.05, 0) is 44.0 Å². The lowest BCUT2D eigenvalue weighted by molar-refractivity contribution is 0.458. The van der Waals surface area contributed by atoms with Crippen LogP contribution in [0.5, 0.6) is 0 Å². The number of aryl methyl sites for hydroxylation is 1. The predicted octanol–water partition coefficient (Wildman–Crippen LogP) is 2.89. The average molecular weight is 382 g/mol. The SMILES string of the molecule is Cc1cccc(N2CCC(NS(=O)(=O)c3cccc4cnccc34)CC2)n1. The number of pyridine rings is 2. The van der Waals surface area contributed by atoms with E-state index in [0.29, 0.717) is 10.3 Å². The second-order valence-electron chi connectivity index (χ2n) is 6.87. The normalized spacial score (nSPS) is 16.0. The Morgan fingerprint density at radius 3 is 2.63 bits per heavy atom. The molecule has 1 N–H and O–H groups in total. The number of piperidine rings is 1. The molecule has 3 heterocycles. The molecule has 1 aliphatic rings. The highest BCUT2D eigenvalue weighted by Crippen LogP contribution is 2.24. The fraction of sp³-hybridized carbons (Fsp3) is 0.300. The van der Waals surface area contributed by atoms with Gasteiger partial charge in [-0.15, -0.1) is 0 Å². The summed E-state index contributed by atoms with van der Waals surface area (Å²) >= 11 is 0. The van der Waals surface area contributed by atoms with E-state index in [4.69, 9.17) is 0 Å². The van der Waals surface area contributed by atoms with Crippen molar-refractivity contribution in [1.29, 1.82) is 0 Å². The van der Waals surface area contributed by atoms with Gasteiger partial charge in [-0.3, -0.25) is 4.98 Å². The molecule has 4 rings (SSSR count). The highest BCUT2D eigenvalue weighted by atomic mass is 32.2. The molecule has 0 atom stereocenters. The van der Waals surface area contributed by atoms with E-state index in [1.165, 1.54) is 0 Å². The summed E-state index contributed by atoms with van der Waals surface area (Å²) < 4.78 is 28.8. The average Bonchev–Trinajstić information content (AvgIpc) is 2.68. The summed E-state index contributed by atoms with van der Waals surface area (Å²) in [6.45, 7) is 3.54. The Labute approximate surface area is 159 Å². The molecule has 1 aromatic carbocycles. The van der Waals surface area contributed by atoms with Crippen molar-refractivity contribution in [3.63, 3.8) is 0 Å². The van der Waals surface area contributed by atoms with Gasteiger partial charge in [0.2, 0.25) is 10.0 Å². The Hall–Kier alpha value is -2.51. The molecular formula is C20H22N4O2S. The Morgan fingerprint density at radius 2 is 1.85 bits per heavy atom. The molecule has 1 aliphatic heterocycles. The van der Waals surface area contributed by atoms with E-state index in [-0.39, 0.29) is 6.04 Å². The third kappa shape index (κ3) is 3.79. The minimum absolute atomic E-state index is 0.0758. The molecule has 140 valence electrons. The monoisotopic (exact) mass is 382 g/mol. The van der Waals surface area contributed by atoms with Crippen LogP contribution in [0.3, 0.4) is 0 Å². The number of nitrogens with one attached hydrogen (secondary N) is 1. The standard InChI is InChI=1S/C20H22N4O2S/c1-15-4-2-7-20(22-15)24-12-9-17(10-13-24)23-27(25,26)19-6-3-5-16-14-21-11-8-18(16)19/h2-8,11,14,17,23H,9-10,12-13H2,1H3. The molecule has 7 heteroatoms. The van der Waals surface area contributed by atoms with E-state index in [1.54, 1.807) is 30.6 Å². The summed E-state index contributed by atoms with van der Waals surface area (Å²) in [6, 6.07) is 12.9. The van der Waals surface area contributed by atoms with Crippen molar-refractivity contribution >= 4 is 26.6 Å². The molecule has 6 nitrogen and oxygen atoms in total. The van der Waals surface area contributed by atoms with Crippen LogP contribution in [0.4, 0.5) is 5.82 Å². The van der Waals surface area contributed by atoms with Crippen molar-refractivity contribution < 1.29 is 8.42 Å². The first-order valence-corrected chi connectivity index (χ1v) is 10.5. The zero-order valence-electron chi connectivity index (χ0n) is 15.2. The van der Waals surface area contributed by atoms with Crippen LogP contribution in [0.25, 0.3) is 10.8 Å². The summed E-state index contributed by atoms with van der Waals surface area (Å²) in [5.74, 6) is 0.956. The Morgan fingerprint density at radius 1 is 1.07 bits per heavy atom. The maximum Gasteiger partial charge on any atom is 0.241 e. The minimum atomic E-state index is -3.59. The molecule has 27 heavy (non-hydrogen) atoms. The predicted molar refractivity (Wildman–Crippen MR) is 106 cm³/mol. The molecule has 0 radical (unpaired) electrons. The van der Waals surface area contributed by atoms with Crippen LogP contribution < -0.4 is 9.62 Å². The van der Waals surface area contributed by atoms with Crippen molar-refractivity contribution in [2.75, 3.05) is 18.0 Å². The van der Waals surface area contributed by atoms with Crippen LogP contribution in [0, 0.1) is 6.92 Å². The van der Waals surface area contributed by atoms with Crippen LogP contribution in [-0.2, 0) is 10.0 Å². The first-order chi connectivity index (χ1) is 13.0. The first kappa shape index (κ1) is 17.9. The molecule has 0 spiro atoms. The number of rotatable bonds is 4. The van der Waals surface area contributed by atoms with Crippen LogP contribution in [-0.4, -0.2) is 37.5 Å². The highest BCUT2D eigenvalue weighted by molar-refractivity contribution is 7.89. The lowest BCUT2D eigenvalue weighted by Gasteiger charge is -2.33. The number of anilines is 1. The molecule has 3 aromatic rings. The smallest absolute Gasteiger partial charge is 0.241 e. The molecule has 2 aromatic heterocycles. The lowest BCUT2D eigenvalue weighted by atomic mass is 10.1. The van der Waals surface area contributed by atoms with Gasteiger partial charge in [0.15, 0.2) is 0 Å². The van der Waals surface area contributed by atoms with Gasteiger partial charge in [0, 0.05) is 48.0 Å². The van der Waals surface area contributed by atoms with E-state index in [2.05, 4.69) is 19.6 Å². The Kier molecular flexibility index (Phi) is 4.80. The first-order valence-electron chi connectivity index (χ1n) is 9.07. The third-order valence-corrected chi connectivity index (χ3v) is 6.52. The quantitative estimate of drug-likeness (QED) is 0.751. The second-order valence-corrected chi connectivity index (χ2v) is 8.56. The summed E-state index contributed by atoms with van der Waals surface area (Å²) in [6.07, 6.45) is 4.80. The Bertz CT molecular complexity index is 1060. The summed E-state index contributed by atoms with van der Waals surface area (Å²) in [5.41, 5.74) is 0.987. The number of hydrogen-bond donors (Lipinski definition) is 1. The molecule has 0 amide bonds. The van der Waals surface area contributed by atoms with Crippen LogP contribution >= 0.6 is 0 Å². The van der Waals surface area contributed by atoms with Crippen molar-refractivity contribution in [1.82, 2.24) is 14.7 Å². The highest BCUT2D eigenvalue weighted by Gasteiger charge is 2.26. The van der Waals surface area contributed by atoms with E-state index < -0.39 is 10.0 Å². The van der Waals surface area contributed by atoms with Crippen molar-refractivity contribution in [2.45, 2.75) is 30.7 Å². The van der Waals surface area contributed by atoms with Crippen LogP contribution in [0.1, 0.15) is 18.5 Å². The maximum atomic E-state index is 13.0. The van der Waals surface area contributed by atoms with Gasteiger partial charge in [-0.1, -0.05) is 18.2 Å². The molecule has 1 saturated heterocycles. The van der Waals surface area contributed by atoms with E-state index in [1.807, 2.05) is 31.2 Å².